The minimum atomic E-state index is -0.661. The van der Waals surface area contributed by atoms with Crippen LogP contribution in [-0.2, 0) is 25.5 Å². The van der Waals surface area contributed by atoms with Crippen LogP contribution < -0.4 is 5.32 Å². The number of rotatable bonds is 11. The molecule has 1 rings (SSSR count). The maximum atomic E-state index is 12.9. The van der Waals surface area contributed by atoms with Gasteiger partial charge in [0.2, 0.25) is 5.91 Å². The molecule has 29 heavy (non-hydrogen) atoms. The van der Waals surface area contributed by atoms with Gasteiger partial charge in [-0.3, -0.25) is 9.59 Å². The van der Waals surface area contributed by atoms with Gasteiger partial charge in [0.15, 0.2) is 5.12 Å². The van der Waals surface area contributed by atoms with Crippen molar-refractivity contribution in [3.05, 3.63) is 35.4 Å². The lowest BCUT2D eigenvalue weighted by Gasteiger charge is -2.22. The molecule has 1 N–H and O–H groups in total. The van der Waals surface area contributed by atoms with Crippen molar-refractivity contribution < 1.29 is 19.1 Å². The van der Waals surface area contributed by atoms with Crippen LogP contribution in [0.1, 0.15) is 31.4 Å². The van der Waals surface area contributed by atoms with Crippen LogP contribution in [0.2, 0.25) is 0 Å². The highest BCUT2D eigenvalue weighted by atomic mass is 32.2. The summed E-state index contributed by atoms with van der Waals surface area (Å²) in [7, 11) is 0. The van der Waals surface area contributed by atoms with Crippen LogP contribution in [0.5, 0.6) is 0 Å². The Kier molecular flexibility index (Phi) is 17.8. The number of carbonyl (C=O) groups excluding carboxylic acids is 3. The van der Waals surface area contributed by atoms with Gasteiger partial charge in [0, 0.05) is 12.7 Å². The number of nitrogens with one attached hydrogen (secondary N) is 1. The summed E-state index contributed by atoms with van der Waals surface area (Å²) >= 11 is 2.75. The van der Waals surface area contributed by atoms with Crippen molar-refractivity contribution in [2.24, 2.45) is 5.92 Å². The Labute approximate surface area is 196 Å². The zero-order valence-corrected chi connectivity index (χ0v) is 21.1. The zero-order chi connectivity index (χ0) is 20.2. The second-order valence-corrected chi connectivity index (χ2v) is 8.41. The molecule has 0 saturated heterocycles. The van der Waals surface area contributed by atoms with Gasteiger partial charge < -0.3 is 10.1 Å². The predicted molar refractivity (Wildman–Crippen MR) is 134 cm³/mol. The minimum Gasteiger partial charge on any atom is -0.464 e. The molecule has 1 amide bonds. The van der Waals surface area contributed by atoms with E-state index < -0.39 is 17.9 Å². The highest BCUT2D eigenvalue weighted by molar-refractivity contribution is 8.13. The van der Waals surface area contributed by atoms with Crippen molar-refractivity contribution in [2.75, 3.05) is 24.4 Å². The van der Waals surface area contributed by atoms with E-state index in [1.807, 2.05) is 37.4 Å². The Balaban J connectivity index is 0. The van der Waals surface area contributed by atoms with E-state index in [-0.39, 0.29) is 44.6 Å². The standard InChI is InChI=1S/C20H29NO4S2.2H2S/c1-5-25-20(24)18(10-11-26-4)21-19(23)17(13-27-15(3)22)12-16-9-7-6-8-14(16)2;;/h6-9,17-18H,5,10-13H2,1-4H3,(H,21,23);2*1H2/t17-,18+;;/m1../s1. The fourth-order valence-corrected chi connectivity index (χ4v) is 3.74. The molecule has 0 fully saturated rings. The summed E-state index contributed by atoms with van der Waals surface area (Å²) in [5, 5.41) is 2.82. The molecule has 0 unspecified atom stereocenters. The van der Waals surface area contributed by atoms with Crippen molar-refractivity contribution >= 4 is 67.5 Å². The molecule has 0 aliphatic heterocycles. The van der Waals surface area contributed by atoms with Gasteiger partial charge >= 0.3 is 5.97 Å². The highest BCUT2D eigenvalue weighted by Crippen LogP contribution is 2.19. The van der Waals surface area contributed by atoms with E-state index in [4.69, 9.17) is 4.74 Å². The van der Waals surface area contributed by atoms with Crippen LogP contribution in [0.15, 0.2) is 24.3 Å². The summed E-state index contributed by atoms with van der Waals surface area (Å²) in [5.41, 5.74) is 2.17. The van der Waals surface area contributed by atoms with Gasteiger partial charge in [-0.15, -0.1) is 0 Å². The molecule has 0 aliphatic carbocycles. The first-order chi connectivity index (χ1) is 12.9. The maximum Gasteiger partial charge on any atom is 0.328 e. The quantitative estimate of drug-likeness (QED) is 0.490. The number of hydrogen-bond donors (Lipinski definition) is 1. The van der Waals surface area contributed by atoms with Gasteiger partial charge in [-0.2, -0.15) is 38.8 Å². The molecule has 0 heterocycles. The molecule has 1 aromatic rings. The van der Waals surface area contributed by atoms with E-state index in [1.165, 1.54) is 6.92 Å². The highest BCUT2D eigenvalue weighted by Gasteiger charge is 2.27. The Morgan fingerprint density at radius 1 is 1.17 bits per heavy atom. The lowest BCUT2D eigenvalue weighted by atomic mass is 9.96. The van der Waals surface area contributed by atoms with Crippen LogP contribution in [0.4, 0.5) is 0 Å². The summed E-state index contributed by atoms with van der Waals surface area (Å²) in [4.78, 5) is 36.5. The number of amides is 1. The van der Waals surface area contributed by atoms with E-state index in [1.54, 1.807) is 18.7 Å². The van der Waals surface area contributed by atoms with E-state index >= 15 is 0 Å². The van der Waals surface area contributed by atoms with Crippen LogP contribution in [0, 0.1) is 12.8 Å². The maximum absolute atomic E-state index is 12.9. The lowest BCUT2D eigenvalue weighted by Crippen LogP contribution is -2.46. The zero-order valence-electron chi connectivity index (χ0n) is 17.4. The third-order valence-corrected chi connectivity index (χ3v) is 5.70. The number of benzene rings is 1. The third-order valence-electron chi connectivity index (χ3n) is 4.08. The van der Waals surface area contributed by atoms with Crippen LogP contribution in [0.25, 0.3) is 0 Å². The second-order valence-electron chi connectivity index (χ2n) is 6.22. The number of ether oxygens (including phenoxy) is 1. The Hall–Kier alpha value is -0.770. The number of aryl methyl sites for hydroxylation is 1. The van der Waals surface area contributed by atoms with Gasteiger partial charge in [-0.05, 0) is 49.8 Å². The van der Waals surface area contributed by atoms with Crippen LogP contribution in [0.3, 0.4) is 0 Å². The first-order valence-electron chi connectivity index (χ1n) is 9.02. The van der Waals surface area contributed by atoms with Gasteiger partial charge in [0.1, 0.15) is 6.04 Å². The summed E-state index contributed by atoms with van der Waals surface area (Å²) in [6.45, 7) is 5.52. The van der Waals surface area contributed by atoms with Crippen molar-refractivity contribution in [3.63, 3.8) is 0 Å². The molecule has 0 aromatic heterocycles. The molecule has 1 aromatic carbocycles. The van der Waals surface area contributed by atoms with Gasteiger partial charge in [0.05, 0.1) is 12.5 Å². The Morgan fingerprint density at radius 2 is 1.83 bits per heavy atom. The van der Waals surface area contributed by atoms with E-state index in [2.05, 4.69) is 5.32 Å². The van der Waals surface area contributed by atoms with Crippen molar-refractivity contribution in [1.82, 2.24) is 5.32 Å². The van der Waals surface area contributed by atoms with Crippen LogP contribution >= 0.6 is 50.5 Å². The van der Waals surface area contributed by atoms with E-state index in [9.17, 15) is 14.4 Å². The van der Waals surface area contributed by atoms with Gasteiger partial charge in [-0.25, -0.2) is 4.79 Å². The molecule has 9 heteroatoms. The summed E-state index contributed by atoms with van der Waals surface area (Å²) in [6, 6.07) is 7.23. The SMILES string of the molecule is CCOC(=O)[C@H](CCSC)NC(=O)[C@@H](CSC(C)=O)Cc1ccccc1C.S.S. The number of esters is 1. The lowest BCUT2D eigenvalue weighted by molar-refractivity contribution is -0.147. The fourth-order valence-electron chi connectivity index (χ4n) is 2.57. The van der Waals surface area contributed by atoms with E-state index in [0.717, 1.165) is 28.6 Å². The predicted octanol–water partition coefficient (Wildman–Crippen LogP) is 3.46. The molecule has 2 atom stereocenters. The van der Waals surface area contributed by atoms with Crippen LogP contribution in [-0.4, -0.2) is 47.4 Å². The molecular formula is C20H33NO4S4. The number of carbonyl (C=O) groups is 3. The normalized spacial score (nSPS) is 12.0. The molecule has 5 nitrogen and oxygen atoms in total. The topological polar surface area (TPSA) is 72.5 Å². The molecule has 0 radical (unpaired) electrons. The first-order valence-corrected chi connectivity index (χ1v) is 11.4. The number of hydrogen-bond acceptors (Lipinski definition) is 6. The molecule has 0 saturated carbocycles. The summed E-state index contributed by atoms with van der Waals surface area (Å²) < 4.78 is 5.10. The van der Waals surface area contributed by atoms with Crippen molar-refractivity contribution in [2.45, 2.75) is 39.7 Å². The third kappa shape index (κ3) is 11.9. The Morgan fingerprint density at radius 3 is 2.38 bits per heavy atom. The fraction of sp³-hybridized carbons (Fsp3) is 0.550. The van der Waals surface area contributed by atoms with Gasteiger partial charge in [0.25, 0.3) is 0 Å². The average Bonchev–Trinajstić information content (AvgIpc) is 2.63. The monoisotopic (exact) mass is 479 g/mol. The second kappa shape index (κ2) is 17.0. The molecule has 0 aliphatic rings. The Bertz CT molecular complexity index is 643. The van der Waals surface area contributed by atoms with Crippen molar-refractivity contribution in [3.8, 4) is 0 Å². The van der Waals surface area contributed by atoms with E-state index in [0.29, 0.717) is 18.6 Å². The summed E-state index contributed by atoms with van der Waals surface area (Å²) in [5.74, 6) is 0.105. The van der Waals surface area contributed by atoms with Crippen molar-refractivity contribution in [1.29, 1.82) is 0 Å². The molecule has 166 valence electrons. The molecule has 0 spiro atoms. The molecule has 0 bridgehead atoms. The largest absolute Gasteiger partial charge is 0.464 e. The summed E-state index contributed by atoms with van der Waals surface area (Å²) in [6.07, 6.45) is 2.99. The minimum absolute atomic E-state index is 0. The smallest absolute Gasteiger partial charge is 0.328 e. The first kappa shape index (κ1) is 30.4. The molecular weight excluding hydrogens is 446 g/mol. The average molecular weight is 480 g/mol. The number of thioether (sulfide) groups is 2. The van der Waals surface area contributed by atoms with Gasteiger partial charge in [-0.1, -0.05) is 36.0 Å².